The van der Waals surface area contributed by atoms with Gasteiger partial charge in [0.25, 0.3) is 20.0 Å². The highest BCUT2D eigenvalue weighted by atomic mass is 35.5. The first kappa shape index (κ1) is 23.3. The molecule has 0 radical (unpaired) electrons. The second kappa shape index (κ2) is 8.49. The predicted molar refractivity (Wildman–Crippen MR) is 123 cm³/mol. The van der Waals surface area contributed by atoms with Crippen molar-refractivity contribution in [3.63, 3.8) is 0 Å². The number of anilines is 1. The van der Waals surface area contributed by atoms with E-state index in [4.69, 9.17) is 27.9 Å². The number of nitrogens with zero attached hydrogens (tertiary/aromatic N) is 2. The van der Waals surface area contributed by atoms with Crippen LogP contribution < -0.4 is 9.46 Å². The highest BCUT2D eigenvalue weighted by Gasteiger charge is 2.28. The summed E-state index contributed by atoms with van der Waals surface area (Å²) in [5.74, 6) is -1.25. The molecule has 33 heavy (non-hydrogen) atoms. The van der Waals surface area contributed by atoms with Crippen molar-refractivity contribution in [1.29, 1.82) is 0 Å². The molecule has 0 saturated heterocycles. The third-order valence-corrected chi connectivity index (χ3v) is 8.20. The Morgan fingerprint density at radius 2 is 1.73 bits per heavy atom. The fourth-order valence-electron chi connectivity index (χ4n) is 3.14. The lowest BCUT2D eigenvalue weighted by atomic mass is 10.2. The van der Waals surface area contributed by atoms with Gasteiger partial charge in [-0.3, -0.25) is 4.72 Å². The number of hydrogen-bond acceptors (Lipinski definition) is 6. The van der Waals surface area contributed by atoms with Crippen LogP contribution in [0.15, 0.2) is 70.6 Å². The number of pyridine rings is 1. The second-order valence-electron chi connectivity index (χ2n) is 6.69. The zero-order valence-corrected chi connectivity index (χ0v) is 19.8. The van der Waals surface area contributed by atoms with Gasteiger partial charge >= 0.3 is 0 Å². The lowest BCUT2D eigenvalue weighted by Crippen LogP contribution is -2.15. The third kappa shape index (κ3) is 4.24. The van der Waals surface area contributed by atoms with Crippen molar-refractivity contribution in [2.24, 2.45) is 0 Å². The molecule has 0 bridgehead atoms. The molecule has 4 rings (SSSR count). The normalized spacial score (nSPS) is 12.1. The molecular weight excluding hydrogens is 516 g/mol. The summed E-state index contributed by atoms with van der Waals surface area (Å²) in [5, 5.41) is -0.226. The number of ether oxygens (including phenoxy) is 1. The molecule has 0 unspecified atom stereocenters. The fourth-order valence-corrected chi connectivity index (χ4v) is 6.14. The highest BCUT2D eigenvalue weighted by molar-refractivity contribution is 7.93. The number of benzene rings is 2. The van der Waals surface area contributed by atoms with E-state index in [0.717, 1.165) is 16.2 Å². The fraction of sp³-hybridized carbons (Fsp3) is 0.0500. The first-order valence-electron chi connectivity index (χ1n) is 9.08. The standard InChI is InChI=1S/C20H14Cl2FN3O5S2/c1-31-20-16(10-15(23)19(22)24-20)25-32(27,28)18-11-26(17-9-12(21)7-8-14(17)18)33(29,30)13-5-3-2-4-6-13/h2-11,25H,1H3. The monoisotopic (exact) mass is 529 g/mol. The van der Waals surface area contributed by atoms with E-state index in [1.807, 2.05) is 0 Å². The van der Waals surface area contributed by atoms with Crippen LogP contribution in [0.1, 0.15) is 0 Å². The van der Waals surface area contributed by atoms with Crippen LogP contribution in [0.2, 0.25) is 10.2 Å². The summed E-state index contributed by atoms with van der Waals surface area (Å²) in [7, 11) is -7.41. The van der Waals surface area contributed by atoms with Crippen molar-refractivity contribution >= 4 is 59.8 Å². The predicted octanol–water partition coefficient (Wildman–Crippen LogP) is 4.53. The summed E-state index contributed by atoms with van der Waals surface area (Å²) in [6.45, 7) is 0. The topological polar surface area (TPSA) is 107 Å². The molecule has 0 fully saturated rings. The number of fused-ring (bicyclic) bond motifs is 1. The molecule has 2 aromatic heterocycles. The molecular formula is C20H14Cl2FN3O5S2. The summed E-state index contributed by atoms with van der Waals surface area (Å²) < 4.78 is 74.9. The molecule has 172 valence electrons. The van der Waals surface area contributed by atoms with Gasteiger partial charge in [0.1, 0.15) is 10.6 Å². The minimum atomic E-state index is -4.44. The van der Waals surface area contributed by atoms with Crippen LogP contribution in [-0.4, -0.2) is 32.9 Å². The molecule has 0 aliphatic heterocycles. The van der Waals surface area contributed by atoms with Crippen molar-refractivity contribution in [2.45, 2.75) is 9.79 Å². The van der Waals surface area contributed by atoms with Crippen molar-refractivity contribution in [1.82, 2.24) is 8.96 Å². The first-order valence-corrected chi connectivity index (χ1v) is 12.8. The van der Waals surface area contributed by atoms with E-state index in [1.165, 1.54) is 37.4 Å². The minimum Gasteiger partial charge on any atom is -0.479 e. The van der Waals surface area contributed by atoms with Crippen LogP contribution in [0.3, 0.4) is 0 Å². The van der Waals surface area contributed by atoms with Crippen molar-refractivity contribution in [3.05, 3.63) is 76.8 Å². The van der Waals surface area contributed by atoms with E-state index in [0.29, 0.717) is 0 Å². The maximum Gasteiger partial charge on any atom is 0.268 e. The Labute approximate surface area is 198 Å². The molecule has 1 N–H and O–H groups in total. The van der Waals surface area contributed by atoms with Gasteiger partial charge < -0.3 is 4.74 Å². The molecule has 0 saturated carbocycles. The number of hydrogen-bond donors (Lipinski definition) is 1. The molecule has 2 heterocycles. The van der Waals surface area contributed by atoms with Gasteiger partial charge in [0, 0.05) is 22.7 Å². The molecule has 0 amide bonds. The Morgan fingerprint density at radius 3 is 2.39 bits per heavy atom. The number of nitrogens with one attached hydrogen (secondary N) is 1. The molecule has 0 spiro atoms. The average molecular weight is 530 g/mol. The van der Waals surface area contributed by atoms with Crippen LogP contribution in [0.4, 0.5) is 10.1 Å². The molecule has 2 aromatic carbocycles. The van der Waals surface area contributed by atoms with Crippen LogP contribution in [0, 0.1) is 5.82 Å². The summed E-state index contributed by atoms with van der Waals surface area (Å²) in [4.78, 5) is 3.22. The zero-order chi connectivity index (χ0) is 24.0. The Morgan fingerprint density at radius 1 is 1.03 bits per heavy atom. The quantitative estimate of drug-likeness (QED) is 0.367. The number of aromatic nitrogens is 2. The van der Waals surface area contributed by atoms with Crippen LogP contribution >= 0.6 is 23.2 Å². The van der Waals surface area contributed by atoms with E-state index in [1.54, 1.807) is 18.2 Å². The Hall–Kier alpha value is -2.86. The van der Waals surface area contributed by atoms with Crippen LogP contribution in [-0.2, 0) is 20.0 Å². The number of sulfonamides is 1. The van der Waals surface area contributed by atoms with E-state index in [2.05, 4.69) is 9.71 Å². The molecule has 0 atom stereocenters. The maximum absolute atomic E-state index is 13.9. The summed E-state index contributed by atoms with van der Waals surface area (Å²) >= 11 is 11.7. The highest BCUT2D eigenvalue weighted by Crippen LogP contribution is 2.34. The van der Waals surface area contributed by atoms with E-state index >= 15 is 0 Å². The zero-order valence-electron chi connectivity index (χ0n) is 16.7. The molecule has 0 aliphatic rings. The maximum atomic E-state index is 13.9. The lowest BCUT2D eigenvalue weighted by molar-refractivity contribution is 0.398. The first-order chi connectivity index (χ1) is 15.5. The largest absolute Gasteiger partial charge is 0.479 e. The van der Waals surface area contributed by atoms with Gasteiger partial charge in [-0.05, 0) is 30.3 Å². The van der Waals surface area contributed by atoms with Gasteiger partial charge in [0.05, 0.1) is 17.5 Å². The van der Waals surface area contributed by atoms with Gasteiger partial charge in [-0.2, -0.15) is 4.98 Å². The lowest BCUT2D eigenvalue weighted by Gasteiger charge is -2.11. The second-order valence-corrected chi connectivity index (χ2v) is 11.0. The third-order valence-electron chi connectivity index (χ3n) is 4.62. The summed E-state index contributed by atoms with van der Waals surface area (Å²) in [6, 6.07) is 12.4. The Bertz CT molecular complexity index is 1590. The molecule has 13 heteroatoms. The van der Waals surface area contributed by atoms with E-state index < -0.39 is 31.0 Å². The van der Waals surface area contributed by atoms with Crippen molar-refractivity contribution in [2.75, 3.05) is 11.8 Å². The van der Waals surface area contributed by atoms with Crippen LogP contribution in [0.5, 0.6) is 5.88 Å². The van der Waals surface area contributed by atoms with Gasteiger partial charge in [0.2, 0.25) is 5.88 Å². The van der Waals surface area contributed by atoms with E-state index in [-0.39, 0.29) is 37.3 Å². The number of rotatable bonds is 6. The molecule has 8 nitrogen and oxygen atoms in total. The van der Waals surface area contributed by atoms with Gasteiger partial charge in [-0.25, -0.2) is 25.2 Å². The summed E-state index contributed by atoms with van der Waals surface area (Å²) in [6.07, 6.45) is 0.956. The van der Waals surface area contributed by atoms with E-state index in [9.17, 15) is 21.2 Å². The molecule has 0 aliphatic carbocycles. The van der Waals surface area contributed by atoms with Gasteiger partial charge in [-0.1, -0.05) is 41.4 Å². The molecule has 4 aromatic rings. The van der Waals surface area contributed by atoms with Gasteiger partial charge in [0.15, 0.2) is 11.0 Å². The Balaban J connectivity index is 1.92. The van der Waals surface area contributed by atoms with Crippen LogP contribution in [0.25, 0.3) is 10.9 Å². The summed E-state index contributed by atoms with van der Waals surface area (Å²) in [5.41, 5.74) is -0.278. The number of methoxy groups -OCH3 is 1. The Kier molecular flexibility index (Phi) is 5.99. The van der Waals surface area contributed by atoms with Crippen molar-refractivity contribution < 1.29 is 26.0 Å². The SMILES string of the molecule is COc1nc(Cl)c(F)cc1NS(=O)(=O)c1cn(S(=O)(=O)c2ccccc2)c2cc(Cl)ccc12. The average Bonchev–Trinajstić information content (AvgIpc) is 3.17. The smallest absolute Gasteiger partial charge is 0.268 e. The van der Waals surface area contributed by atoms with Gasteiger partial charge in [-0.15, -0.1) is 0 Å². The minimum absolute atomic E-state index is 0.0408. The van der Waals surface area contributed by atoms with Crippen molar-refractivity contribution in [3.8, 4) is 5.88 Å². The number of halogens is 3.